The lowest BCUT2D eigenvalue weighted by molar-refractivity contribution is 0.407. The molecule has 1 aliphatic carbocycles. The molecule has 0 aromatic heterocycles. The second-order valence-corrected chi connectivity index (χ2v) is 6.55. The first kappa shape index (κ1) is 13.7. The minimum atomic E-state index is 0.225. The fourth-order valence-corrected chi connectivity index (χ4v) is 4.02. The number of aryl methyl sites for hydroxylation is 1. The van der Waals surface area contributed by atoms with Gasteiger partial charge in [-0.05, 0) is 31.4 Å². The van der Waals surface area contributed by atoms with Crippen molar-refractivity contribution in [2.24, 2.45) is 0 Å². The number of hydrogen-bond acceptors (Lipinski definition) is 1. The van der Waals surface area contributed by atoms with Gasteiger partial charge in [-0.2, -0.15) is 0 Å². The van der Waals surface area contributed by atoms with E-state index in [9.17, 15) is 0 Å². The fraction of sp³-hybridized carbons (Fsp3) is 0.333. The van der Waals surface area contributed by atoms with Crippen molar-refractivity contribution in [3.05, 3.63) is 65.2 Å². The van der Waals surface area contributed by atoms with E-state index in [1.807, 2.05) is 0 Å². The largest absolute Gasteiger partial charge is 0.496 e. The quantitative estimate of drug-likeness (QED) is 0.702. The van der Waals surface area contributed by atoms with Crippen LogP contribution in [0.3, 0.4) is 0 Å². The molecule has 1 atom stereocenters. The molecule has 1 fully saturated rings. The Morgan fingerprint density at radius 2 is 1.80 bits per heavy atom. The zero-order valence-corrected chi connectivity index (χ0v) is 13.5. The lowest BCUT2D eigenvalue weighted by Gasteiger charge is -2.24. The van der Waals surface area contributed by atoms with Crippen LogP contribution >= 0.6 is 15.9 Å². The van der Waals surface area contributed by atoms with Crippen molar-refractivity contribution in [1.29, 1.82) is 0 Å². The zero-order chi connectivity index (χ0) is 14.2. The molecular weight excluding hydrogens is 312 g/mol. The van der Waals surface area contributed by atoms with Gasteiger partial charge in [0.05, 0.1) is 11.9 Å². The van der Waals surface area contributed by atoms with E-state index >= 15 is 0 Å². The highest BCUT2D eigenvalue weighted by Gasteiger charge is 2.50. The molecule has 3 rings (SSSR count). The molecule has 20 heavy (non-hydrogen) atoms. The molecule has 1 nitrogen and oxygen atoms in total. The summed E-state index contributed by atoms with van der Waals surface area (Å²) in [5.74, 6) is 0.972. The molecule has 1 saturated carbocycles. The number of rotatable bonds is 4. The van der Waals surface area contributed by atoms with Gasteiger partial charge < -0.3 is 4.74 Å². The van der Waals surface area contributed by atoms with Crippen LogP contribution < -0.4 is 4.74 Å². The Balaban J connectivity index is 2.01. The third-order valence-corrected chi connectivity index (χ3v) is 5.65. The summed E-state index contributed by atoms with van der Waals surface area (Å²) in [6, 6.07) is 17.2. The highest BCUT2D eigenvalue weighted by Crippen LogP contribution is 2.61. The zero-order valence-electron chi connectivity index (χ0n) is 11.9. The molecule has 0 bridgehead atoms. The summed E-state index contributed by atoms with van der Waals surface area (Å²) >= 11 is 3.95. The Kier molecular flexibility index (Phi) is 3.59. The molecule has 0 heterocycles. The predicted molar refractivity (Wildman–Crippen MR) is 86.8 cm³/mol. The normalized spacial score (nSPS) is 17.6. The summed E-state index contributed by atoms with van der Waals surface area (Å²) in [5.41, 5.74) is 4.18. The van der Waals surface area contributed by atoms with E-state index in [2.05, 4.69) is 71.4 Å². The number of benzene rings is 2. The molecule has 0 aliphatic heterocycles. The first-order chi connectivity index (χ1) is 9.67. The molecule has 0 N–H and O–H groups in total. The van der Waals surface area contributed by atoms with E-state index in [-0.39, 0.29) is 5.41 Å². The van der Waals surface area contributed by atoms with Gasteiger partial charge in [-0.15, -0.1) is 0 Å². The van der Waals surface area contributed by atoms with Gasteiger partial charge >= 0.3 is 0 Å². The van der Waals surface area contributed by atoms with Gasteiger partial charge in [0.2, 0.25) is 0 Å². The minimum Gasteiger partial charge on any atom is -0.496 e. The second-order valence-electron chi connectivity index (χ2n) is 5.63. The number of hydrogen-bond donors (Lipinski definition) is 0. The van der Waals surface area contributed by atoms with Crippen molar-refractivity contribution >= 4 is 15.9 Å². The molecule has 2 heteroatoms. The van der Waals surface area contributed by atoms with Crippen LogP contribution in [0.2, 0.25) is 0 Å². The number of ether oxygens (including phenoxy) is 1. The molecule has 0 spiro atoms. The van der Waals surface area contributed by atoms with E-state index in [4.69, 9.17) is 4.74 Å². The van der Waals surface area contributed by atoms with Crippen LogP contribution in [-0.4, -0.2) is 7.11 Å². The van der Waals surface area contributed by atoms with Crippen LogP contribution in [0.4, 0.5) is 0 Å². The Morgan fingerprint density at radius 1 is 1.10 bits per heavy atom. The maximum atomic E-state index is 5.55. The molecule has 0 radical (unpaired) electrons. The van der Waals surface area contributed by atoms with Crippen LogP contribution in [0.25, 0.3) is 0 Å². The van der Waals surface area contributed by atoms with Gasteiger partial charge in [0.1, 0.15) is 5.75 Å². The molecule has 2 aromatic rings. The highest BCUT2D eigenvalue weighted by molar-refractivity contribution is 9.09. The summed E-state index contributed by atoms with van der Waals surface area (Å²) in [6.45, 7) is 2.13. The average Bonchev–Trinajstić information content (AvgIpc) is 3.29. The van der Waals surface area contributed by atoms with Crippen LogP contribution in [0, 0.1) is 6.92 Å². The van der Waals surface area contributed by atoms with Gasteiger partial charge in [-0.1, -0.05) is 64.0 Å². The molecule has 1 aliphatic rings. The number of halogens is 1. The first-order valence-electron chi connectivity index (χ1n) is 7.01. The third kappa shape index (κ3) is 2.26. The van der Waals surface area contributed by atoms with Gasteiger partial charge in [0.15, 0.2) is 0 Å². The summed E-state index contributed by atoms with van der Waals surface area (Å²) in [7, 11) is 1.75. The maximum absolute atomic E-state index is 5.55. The fourth-order valence-electron chi connectivity index (χ4n) is 2.94. The monoisotopic (exact) mass is 330 g/mol. The van der Waals surface area contributed by atoms with Gasteiger partial charge in [-0.3, -0.25) is 0 Å². The number of alkyl halides is 1. The van der Waals surface area contributed by atoms with Gasteiger partial charge in [0, 0.05) is 11.0 Å². The van der Waals surface area contributed by atoms with Gasteiger partial charge in [0.25, 0.3) is 0 Å². The van der Waals surface area contributed by atoms with E-state index < -0.39 is 0 Å². The van der Waals surface area contributed by atoms with Gasteiger partial charge in [-0.25, -0.2) is 0 Å². The third-order valence-electron chi connectivity index (χ3n) is 4.28. The summed E-state index contributed by atoms with van der Waals surface area (Å²) in [4.78, 5) is 0.298. The standard InChI is InChI=1S/C18H19BrO/c1-13-8-9-16(20-2)15(12-13)17(19)18(10-11-18)14-6-4-3-5-7-14/h3-9,12,17H,10-11H2,1-2H3. The van der Waals surface area contributed by atoms with Crippen molar-refractivity contribution in [1.82, 2.24) is 0 Å². The molecular formula is C18H19BrO. The Bertz CT molecular complexity index is 602. The molecule has 1 unspecified atom stereocenters. The van der Waals surface area contributed by atoms with E-state index in [0.29, 0.717) is 4.83 Å². The number of methoxy groups -OCH3 is 1. The van der Waals surface area contributed by atoms with Crippen molar-refractivity contribution in [2.75, 3.05) is 7.11 Å². The molecule has 104 valence electrons. The smallest absolute Gasteiger partial charge is 0.123 e. The summed E-state index contributed by atoms with van der Waals surface area (Å²) in [5, 5.41) is 0. The van der Waals surface area contributed by atoms with Crippen molar-refractivity contribution in [3.63, 3.8) is 0 Å². The predicted octanol–water partition coefficient (Wildman–Crippen LogP) is 5.17. The summed E-state index contributed by atoms with van der Waals surface area (Å²) in [6.07, 6.45) is 2.45. The second kappa shape index (κ2) is 5.25. The molecule has 0 amide bonds. The average molecular weight is 331 g/mol. The van der Waals surface area contributed by atoms with Crippen LogP contribution in [0.15, 0.2) is 48.5 Å². The van der Waals surface area contributed by atoms with Crippen molar-refractivity contribution in [2.45, 2.75) is 30.0 Å². The lowest BCUT2D eigenvalue weighted by atomic mass is 9.88. The van der Waals surface area contributed by atoms with Crippen LogP contribution in [-0.2, 0) is 5.41 Å². The molecule has 2 aromatic carbocycles. The first-order valence-corrected chi connectivity index (χ1v) is 7.93. The van der Waals surface area contributed by atoms with Crippen molar-refractivity contribution < 1.29 is 4.74 Å². The van der Waals surface area contributed by atoms with Crippen LogP contribution in [0.1, 0.15) is 34.4 Å². The van der Waals surface area contributed by atoms with E-state index in [1.54, 1.807) is 7.11 Å². The highest BCUT2D eigenvalue weighted by atomic mass is 79.9. The van der Waals surface area contributed by atoms with E-state index in [1.165, 1.54) is 29.5 Å². The van der Waals surface area contributed by atoms with Crippen LogP contribution in [0.5, 0.6) is 5.75 Å². The van der Waals surface area contributed by atoms with E-state index in [0.717, 1.165) is 5.75 Å². The topological polar surface area (TPSA) is 9.23 Å². The minimum absolute atomic E-state index is 0.225. The molecule has 0 saturated heterocycles. The summed E-state index contributed by atoms with van der Waals surface area (Å²) < 4.78 is 5.55. The Labute approximate surface area is 129 Å². The maximum Gasteiger partial charge on any atom is 0.123 e. The Morgan fingerprint density at radius 3 is 2.40 bits per heavy atom. The van der Waals surface area contributed by atoms with Crippen molar-refractivity contribution in [3.8, 4) is 5.75 Å². The lowest BCUT2D eigenvalue weighted by Crippen LogP contribution is -2.14. The SMILES string of the molecule is COc1ccc(C)cc1C(Br)C1(c2ccccc2)CC1. The Hall–Kier alpha value is -1.28.